The molecule has 3 rings (SSSR count). The van der Waals surface area contributed by atoms with Crippen molar-refractivity contribution in [2.75, 3.05) is 0 Å². The number of nitrogens with zero attached hydrogens (tertiary/aromatic N) is 2. The monoisotopic (exact) mass is 288 g/mol. The second kappa shape index (κ2) is 4.72. The maximum atomic E-state index is 11.5. The first-order valence-electron chi connectivity index (χ1n) is 6.14. The molecular weight excluding hydrogens is 276 g/mol. The molecule has 0 bridgehead atoms. The molecular formula is C14H12N2O3S. The van der Waals surface area contributed by atoms with Crippen LogP contribution in [0.1, 0.15) is 18.9 Å². The van der Waals surface area contributed by atoms with Crippen molar-refractivity contribution in [1.82, 2.24) is 4.90 Å². The third-order valence-electron chi connectivity index (χ3n) is 3.32. The Morgan fingerprint density at radius 2 is 2.30 bits per heavy atom. The summed E-state index contributed by atoms with van der Waals surface area (Å²) in [6.45, 7) is 2.21. The summed E-state index contributed by atoms with van der Waals surface area (Å²) >= 11 is 1.43. The highest BCUT2D eigenvalue weighted by Crippen LogP contribution is 2.34. The van der Waals surface area contributed by atoms with Crippen LogP contribution in [0.25, 0.3) is 0 Å². The number of fused-ring (bicyclic) bond motifs is 1. The van der Waals surface area contributed by atoms with E-state index in [9.17, 15) is 14.7 Å². The summed E-state index contributed by atoms with van der Waals surface area (Å²) in [6, 6.07) is 1.94. The molecule has 6 heteroatoms. The molecule has 0 saturated carbocycles. The fourth-order valence-corrected chi connectivity index (χ4v) is 3.02. The SMILES string of the molecule is CC1=CC(N2Cc3ccsc3N=C2C(=O)O)=CCC1=O. The van der Waals surface area contributed by atoms with Gasteiger partial charge in [0.2, 0.25) is 5.84 Å². The van der Waals surface area contributed by atoms with Crippen LogP contribution in [-0.2, 0) is 16.1 Å². The normalized spacial score (nSPS) is 18.1. The number of Topliss-reactive ketones (excluding diaryl/α,β-unsaturated/α-hetero) is 1. The lowest BCUT2D eigenvalue weighted by molar-refractivity contribution is -0.130. The van der Waals surface area contributed by atoms with Crippen molar-refractivity contribution in [3.05, 3.63) is 40.4 Å². The number of thiophene rings is 1. The minimum atomic E-state index is -1.06. The van der Waals surface area contributed by atoms with E-state index in [4.69, 9.17) is 0 Å². The molecule has 1 aliphatic heterocycles. The van der Waals surface area contributed by atoms with Crippen molar-refractivity contribution >= 4 is 33.9 Å². The van der Waals surface area contributed by atoms with Crippen LogP contribution in [0.3, 0.4) is 0 Å². The van der Waals surface area contributed by atoms with E-state index < -0.39 is 5.97 Å². The molecule has 1 aliphatic carbocycles. The minimum Gasteiger partial charge on any atom is -0.475 e. The summed E-state index contributed by atoms with van der Waals surface area (Å²) in [5.41, 5.74) is 2.37. The number of hydrogen-bond donors (Lipinski definition) is 1. The topological polar surface area (TPSA) is 70.0 Å². The summed E-state index contributed by atoms with van der Waals surface area (Å²) < 4.78 is 0. The Morgan fingerprint density at radius 1 is 1.50 bits per heavy atom. The zero-order valence-electron chi connectivity index (χ0n) is 10.8. The Morgan fingerprint density at radius 3 is 3.00 bits per heavy atom. The largest absolute Gasteiger partial charge is 0.475 e. The van der Waals surface area contributed by atoms with Gasteiger partial charge in [0.25, 0.3) is 0 Å². The van der Waals surface area contributed by atoms with Crippen molar-refractivity contribution in [2.45, 2.75) is 19.9 Å². The van der Waals surface area contributed by atoms with Crippen LogP contribution in [0.4, 0.5) is 5.00 Å². The van der Waals surface area contributed by atoms with Crippen LogP contribution in [-0.4, -0.2) is 27.6 Å². The first-order valence-corrected chi connectivity index (χ1v) is 7.02. The van der Waals surface area contributed by atoms with E-state index in [-0.39, 0.29) is 11.6 Å². The Balaban J connectivity index is 2.02. The van der Waals surface area contributed by atoms with Gasteiger partial charge in [0.1, 0.15) is 5.00 Å². The lowest BCUT2D eigenvalue weighted by Gasteiger charge is -2.29. The molecule has 0 spiro atoms. The number of carbonyl (C=O) groups is 2. The minimum absolute atomic E-state index is 0.00426. The van der Waals surface area contributed by atoms with Gasteiger partial charge in [0.15, 0.2) is 5.78 Å². The number of carboxylic acids is 1. The quantitative estimate of drug-likeness (QED) is 0.907. The van der Waals surface area contributed by atoms with Crippen molar-refractivity contribution in [1.29, 1.82) is 0 Å². The highest BCUT2D eigenvalue weighted by molar-refractivity contribution is 7.14. The maximum Gasteiger partial charge on any atom is 0.372 e. The molecule has 20 heavy (non-hydrogen) atoms. The van der Waals surface area contributed by atoms with E-state index in [0.29, 0.717) is 18.5 Å². The number of aliphatic carboxylic acids is 1. The Labute approximate surface area is 119 Å². The standard InChI is InChI=1S/C14H12N2O3S/c1-8-6-10(2-3-11(8)17)16-7-9-4-5-20-13(9)15-12(16)14(18)19/h2,4-6H,3,7H2,1H3,(H,18,19). The number of hydrogen-bond acceptors (Lipinski definition) is 5. The molecule has 0 amide bonds. The zero-order valence-corrected chi connectivity index (χ0v) is 11.6. The average molecular weight is 288 g/mol. The van der Waals surface area contributed by atoms with Gasteiger partial charge in [0.05, 0.1) is 6.54 Å². The molecule has 0 unspecified atom stereocenters. The Bertz CT molecular complexity index is 697. The van der Waals surface area contributed by atoms with Crippen molar-refractivity contribution in [3.63, 3.8) is 0 Å². The Kier molecular flexibility index (Phi) is 3.02. The second-order valence-electron chi connectivity index (χ2n) is 4.66. The van der Waals surface area contributed by atoms with Crippen molar-refractivity contribution in [3.8, 4) is 0 Å². The molecule has 1 N–H and O–H groups in total. The van der Waals surface area contributed by atoms with Crippen molar-refractivity contribution in [2.24, 2.45) is 4.99 Å². The van der Waals surface area contributed by atoms with Gasteiger partial charge < -0.3 is 10.0 Å². The van der Waals surface area contributed by atoms with Gasteiger partial charge in [-0.1, -0.05) is 6.08 Å². The summed E-state index contributed by atoms with van der Waals surface area (Å²) in [5, 5.41) is 12.0. The van der Waals surface area contributed by atoms with E-state index in [1.54, 1.807) is 24.0 Å². The number of carboxylic acid groups (broad SMARTS) is 1. The predicted octanol–water partition coefficient (Wildman–Crippen LogP) is 2.48. The van der Waals surface area contributed by atoms with Crippen LogP contribution in [0.5, 0.6) is 0 Å². The highest BCUT2D eigenvalue weighted by Gasteiger charge is 2.28. The number of allylic oxidation sites excluding steroid dienone is 3. The van der Waals surface area contributed by atoms with Crippen LogP contribution < -0.4 is 0 Å². The van der Waals surface area contributed by atoms with Gasteiger partial charge in [-0.05, 0) is 30.0 Å². The summed E-state index contributed by atoms with van der Waals surface area (Å²) in [4.78, 5) is 28.8. The van der Waals surface area contributed by atoms with E-state index in [1.165, 1.54) is 11.3 Å². The molecule has 0 atom stereocenters. The summed E-state index contributed by atoms with van der Waals surface area (Å²) in [5.74, 6) is -0.992. The number of carbonyl (C=O) groups excluding carboxylic acids is 1. The van der Waals surface area contributed by atoms with Gasteiger partial charge in [-0.2, -0.15) is 0 Å². The van der Waals surface area contributed by atoms with Gasteiger partial charge >= 0.3 is 5.97 Å². The van der Waals surface area contributed by atoms with Gasteiger partial charge in [-0.15, -0.1) is 11.3 Å². The molecule has 2 aliphatic rings. The highest BCUT2D eigenvalue weighted by atomic mass is 32.1. The molecule has 102 valence electrons. The fourth-order valence-electron chi connectivity index (χ4n) is 2.23. The lowest BCUT2D eigenvalue weighted by atomic mass is 10.0. The first-order chi connectivity index (χ1) is 9.56. The van der Waals surface area contributed by atoms with Gasteiger partial charge in [-0.25, -0.2) is 9.79 Å². The molecule has 1 aromatic heterocycles. The maximum absolute atomic E-state index is 11.5. The van der Waals surface area contributed by atoms with E-state index in [1.807, 2.05) is 11.4 Å². The van der Waals surface area contributed by atoms with E-state index >= 15 is 0 Å². The number of aliphatic imine (C=N–C) groups is 1. The third-order valence-corrected chi connectivity index (χ3v) is 4.17. The molecule has 1 aromatic rings. The first kappa shape index (κ1) is 12.8. The molecule has 0 radical (unpaired) electrons. The lowest BCUT2D eigenvalue weighted by Crippen LogP contribution is -2.37. The van der Waals surface area contributed by atoms with Crippen LogP contribution in [0, 0.1) is 0 Å². The van der Waals surface area contributed by atoms with Gasteiger partial charge in [-0.3, -0.25) is 4.79 Å². The smallest absolute Gasteiger partial charge is 0.372 e. The molecule has 5 nitrogen and oxygen atoms in total. The predicted molar refractivity (Wildman–Crippen MR) is 76.1 cm³/mol. The van der Waals surface area contributed by atoms with Gasteiger partial charge in [0, 0.05) is 17.7 Å². The summed E-state index contributed by atoms with van der Waals surface area (Å²) in [7, 11) is 0. The second-order valence-corrected chi connectivity index (χ2v) is 5.56. The van der Waals surface area contributed by atoms with Crippen LogP contribution >= 0.6 is 11.3 Å². The average Bonchev–Trinajstić information content (AvgIpc) is 2.87. The number of rotatable bonds is 2. The molecule has 0 fully saturated rings. The van der Waals surface area contributed by atoms with Crippen LogP contribution in [0.15, 0.2) is 39.9 Å². The fraction of sp³-hybridized carbons (Fsp3) is 0.214. The molecule has 0 aromatic carbocycles. The third kappa shape index (κ3) is 2.08. The Hall–Kier alpha value is -2.21. The van der Waals surface area contributed by atoms with Crippen LogP contribution in [0.2, 0.25) is 0 Å². The summed E-state index contributed by atoms with van der Waals surface area (Å²) in [6.07, 6.45) is 3.78. The van der Waals surface area contributed by atoms with E-state index in [2.05, 4.69) is 4.99 Å². The zero-order chi connectivity index (χ0) is 14.3. The van der Waals surface area contributed by atoms with E-state index in [0.717, 1.165) is 16.3 Å². The number of ketones is 1. The molecule has 2 heterocycles. The number of amidine groups is 1. The van der Waals surface area contributed by atoms with Crippen molar-refractivity contribution < 1.29 is 14.7 Å². The molecule has 0 saturated heterocycles.